The van der Waals surface area contributed by atoms with Crippen molar-refractivity contribution in [3.05, 3.63) is 29.8 Å². The summed E-state index contributed by atoms with van der Waals surface area (Å²) in [6, 6.07) is 7.99. The van der Waals surface area contributed by atoms with Gasteiger partial charge in [-0.15, -0.1) is 12.4 Å². The Morgan fingerprint density at radius 2 is 2.18 bits per heavy atom. The Morgan fingerprint density at radius 3 is 2.76 bits per heavy atom. The average molecular weight is 258 g/mol. The van der Waals surface area contributed by atoms with Gasteiger partial charge in [-0.25, -0.2) is 0 Å². The van der Waals surface area contributed by atoms with Crippen molar-refractivity contribution >= 4 is 12.4 Å². The van der Waals surface area contributed by atoms with Gasteiger partial charge in [-0.1, -0.05) is 26.0 Å². The van der Waals surface area contributed by atoms with E-state index in [4.69, 9.17) is 9.47 Å². The highest BCUT2D eigenvalue weighted by atomic mass is 35.5. The minimum Gasteiger partial charge on any atom is -0.497 e. The van der Waals surface area contributed by atoms with Crippen molar-refractivity contribution < 1.29 is 9.47 Å². The van der Waals surface area contributed by atoms with Gasteiger partial charge in [0.2, 0.25) is 0 Å². The Bertz CT molecular complexity index is 358. The van der Waals surface area contributed by atoms with E-state index in [1.807, 2.05) is 18.2 Å². The quantitative estimate of drug-likeness (QED) is 0.884. The molecule has 0 aliphatic carbocycles. The van der Waals surface area contributed by atoms with Crippen LogP contribution in [-0.4, -0.2) is 20.3 Å². The lowest BCUT2D eigenvalue weighted by Crippen LogP contribution is -2.42. The van der Waals surface area contributed by atoms with Gasteiger partial charge in [0.05, 0.1) is 13.7 Å². The Labute approximate surface area is 109 Å². The van der Waals surface area contributed by atoms with E-state index in [0.29, 0.717) is 0 Å². The normalized spacial score (nSPS) is 22.6. The Hall–Kier alpha value is -0.770. The van der Waals surface area contributed by atoms with Crippen molar-refractivity contribution in [1.82, 2.24) is 5.32 Å². The standard InChI is InChI=1S/C13H19NO2.ClH/c1-13(2)8-14-12(16-9-13)10-5-4-6-11(7-10)15-3;/h4-7,12,14H,8-9H2,1-3H3;1H. The van der Waals surface area contributed by atoms with E-state index in [-0.39, 0.29) is 24.0 Å². The minimum atomic E-state index is -0.0110. The summed E-state index contributed by atoms with van der Waals surface area (Å²) < 4.78 is 11.0. The number of rotatable bonds is 2. The first kappa shape index (κ1) is 14.3. The van der Waals surface area contributed by atoms with E-state index in [2.05, 4.69) is 25.2 Å². The molecule has 0 radical (unpaired) electrons. The molecule has 17 heavy (non-hydrogen) atoms. The summed E-state index contributed by atoms with van der Waals surface area (Å²) in [6.07, 6.45) is -0.0110. The largest absolute Gasteiger partial charge is 0.497 e. The van der Waals surface area contributed by atoms with E-state index in [9.17, 15) is 0 Å². The summed E-state index contributed by atoms with van der Waals surface area (Å²) in [7, 11) is 1.68. The van der Waals surface area contributed by atoms with Gasteiger partial charge in [-0.2, -0.15) is 0 Å². The van der Waals surface area contributed by atoms with Gasteiger partial charge < -0.3 is 9.47 Å². The van der Waals surface area contributed by atoms with Gasteiger partial charge in [0.1, 0.15) is 12.0 Å². The Balaban J connectivity index is 0.00000144. The van der Waals surface area contributed by atoms with Crippen molar-refractivity contribution in [2.45, 2.75) is 20.1 Å². The van der Waals surface area contributed by atoms with Crippen LogP contribution < -0.4 is 10.1 Å². The molecule has 1 aromatic carbocycles. The van der Waals surface area contributed by atoms with Crippen LogP contribution in [0.25, 0.3) is 0 Å². The molecule has 1 aliphatic heterocycles. The van der Waals surface area contributed by atoms with Crippen molar-refractivity contribution in [2.75, 3.05) is 20.3 Å². The molecule has 1 heterocycles. The van der Waals surface area contributed by atoms with E-state index < -0.39 is 0 Å². The van der Waals surface area contributed by atoms with Gasteiger partial charge in [0.15, 0.2) is 0 Å². The molecule has 4 heteroatoms. The van der Waals surface area contributed by atoms with Crippen LogP contribution in [0, 0.1) is 5.41 Å². The predicted molar refractivity (Wildman–Crippen MR) is 70.7 cm³/mol. The van der Waals surface area contributed by atoms with Crippen LogP contribution in [-0.2, 0) is 4.74 Å². The van der Waals surface area contributed by atoms with Gasteiger partial charge in [0, 0.05) is 12.0 Å². The van der Waals surface area contributed by atoms with E-state index in [1.165, 1.54) is 0 Å². The molecule has 0 bridgehead atoms. The molecule has 1 aliphatic rings. The van der Waals surface area contributed by atoms with Crippen LogP contribution in [0.15, 0.2) is 24.3 Å². The number of benzene rings is 1. The summed E-state index contributed by atoms with van der Waals surface area (Å²) in [4.78, 5) is 0. The molecule has 1 unspecified atom stereocenters. The lowest BCUT2D eigenvalue weighted by Gasteiger charge is -2.35. The molecular weight excluding hydrogens is 238 g/mol. The maximum absolute atomic E-state index is 5.81. The molecule has 1 saturated heterocycles. The lowest BCUT2D eigenvalue weighted by atomic mass is 9.93. The maximum atomic E-state index is 5.81. The van der Waals surface area contributed by atoms with Gasteiger partial charge in [0.25, 0.3) is 0 Å². The molecule has 2 rings (SSSR count). The monoisotopic (exact) mass is 257 g/mol. The maximum Gasteiger partial charge on any atom is 0.134 e. The van der Waals surface area contributed by atoms with Crippen molar-refractivity contribution in [2.24, 2.45) is 5.41 Å². The van der Waals surface area contributed by atoms with Crippen LogP contribution >= 0.6 is 12.4 Å². The molecule has 0 aromatic heterocycles. The molecule has 1 N–H and O–H groups in total. The van der Waals surface area contributed by atoms with Crippen LogP contribution in [0.1, 0.15) is 25.6 Å². The highest BCUT2D eigenvalue weighted by Gasteiger charge is 2.27. The molecule has 0 saturated carbocycles. The summed E-state index contributed by atoms with van der Waals surface area (Å²) in [5.74, 6) is 0.868. The van der Waals surface area contributed by atoms with Crippen LogP contribution in [0.4, 0.5) is 0 Å². The highest BCUT2D eigenvalue weighted by molar-refractivity contribution is 5.85. The summed E-state index contributed by atoms with van der Waals surface area (Å²) in [5, 5.41) is 3.40. The third kappa shape index (κ3) is 3.60. The second kappa shape index (κ2) is 5.71. The zero-order chi connectivity index (χ0) is 11.6. The van der Waals surface area contributed by atoms with Gasteiger partial charge in [-0.05, 0) is 17.7 Å². The first-order valence-electron chi connectivity index (χ1n) is 5.60. The number of halogens is 1. The van der Waals surface area contributed by atoms with Crippen molar-refractivity contribution in [1.29, 1.82) is 0 Å². The fourth-order valence-corrected chi connectivity index (χ4v) is 1.81. The molecule has 3 nitrogen and oxygen atoms in total. The molecule has 1 aromatic rings. The summed E-state index contributed by atoms with van der Waals surface area (Å²) in [6.45, 7) is 6.14. The van der Waals surface area contributed by atoms with Gasteiger partial charge in [-0.3, -0.25) is 5.32 Å². The molecule has 1 atom stereocenters. The minimum absolute atomic E-state index is 0. The number of nitrogens with one attached hydrogen (secondary N) is 1. The fourth-order valence-electron chi connectivity index (χ4n) is 1.81. The number of methoxy groups -OCH3 is 1. The summed E-state index contributed by atoms with van der Waals surface area (Å²) in [5.41, 5.74) is 1.34. The predicted octanol–water partition coefficient (Wildman–Crippen LogP) is 2.76. The zero-order valence-electron chi connectivity index (χ0n) is 10.5. The smallest absolute Gasteiger partial charge is 0.134 e. The van der Waals surface area contributed by atoms with Gasteiger partial charge >= 0.3 is 0 Å². The van der Waals surface area contributed by atoms with Crippen molar-refractivity contribution in [3.8, 4) is 5.75 Å². The zero-order valence-corrected chi connectivity index (χ0v) is 11.3. The van der Waals surface area contributed by atoms with E-state index >= 15 is 0 Å². The number of hydrogen-bond acceptors (Lipinski definition) is 3. The van der Waals surface area contributed by atoms with Crippen molar-refractivity contribution in [3.63, 3.8) is 0 Å². The average Bonchev–Trinajstić information content (AvgIpc) is 2.29. The Morgan fingerprint density at radius 1 is 1.41 bits per heavy atom. The number of hydrogen-bond donors (Lipinski definition) is 1. The first-order chi connectivity index (χ1) is 7.61. The second-order valence-corrected chi connectivity index (χ2v) is 5.01. The molecule has 96 valence electrons. The highest BCUT2D eigenvalue weighted by Crippen LogP contribution is 2.27. The SMILES string of the molecule is COc1cccc(C2NCC(C)(C)CO2)c1.Cl. The summed E-state index contributed by atoms with van der Waals surface area (Å²) >= 11 is 0. The van der Waals surface area contributed by atoms with Crippen LogP contribution in [0.2, 0.25) is 0 Å². The third-order valence-electron chi connectivity index (χ3n) is 2.80. The third-order valence-corrected chi connectivity index (χ3v) is 2.80. The fraction of sp³-hybridized carbons (Fsp3) is 0.538. The Kier molecular flexibility index (Phi) is 4.80. The topological polar surface area (TPSA) is 30.5 Å². The lowest BCUT2D eigenvalue weighted by molar-refractivity contribution is -0.0595. The molecular formula is C13H20ClNO2. The van der Waals surface area contributed by atoms with Crippen LogP contribution in [0.5, 0.6) is 5.75 Å². The first-order valence-corrected chi connectivity index (χ1v) is 5.60. The molecule has 1 fully saturated rings. The van der Waals surface area contributed by atoms with Crippen LogP contribution in [0.3, 0.4) is 0 Å². The molecule has 0 amide bonds. The van der Waals surface area contributed by atoms with E-state index in [1.54, 1.807) is 7.11 Å². The molecule has 0 spiro atoms. The second-order valence-electron chi connectivity index (χ2n) is 5.01. The number of ether oxygens (including phenoxy) is 2. The van der Waals surface area contributed by atoms with E-state index in [0.717, 1.165) is 24.5 Å².